The van der Waals surface area contributed by atoms with Crippen LogP contribution in [0.4, 0.5) is 5.00 Å². The van der Waals surface area contributed by atoms with Gasteiger partial charge in [-0.3, -0.25) is 4.90 Å². The van der Waals surface area contributed by atoms with Crippen molar-refractivity contribution in [3.63, 3.8) is 0 Å². The number of rotatable bonds is 3. The van der Waals surface area contributed by atoms with Crippen molar-refractivity contribution in [3.8, 4) is 0 Å². The van der Waals surface area contributed by atoms with Crippen molar-refractivity contribution >= 4 is 22.3 Å². The first kappa shape index (κ1) is 12.1. The zero-order valence-electron chi connectivity index (χ0n) is 9.61. The molecule has 5 heteroatoms. The number of aromatic carboxylic acids is 1. The van der Waals surface area contributed by atoms with Crippen LogP contribution in [0.25, 0.3) is 0 Å². The molecule has 0 aromatic carbocycles. The summed E-state index contributed by atoms with van der Waals surface area (Å²) >= 11 is 1.42. The van der Waals surface area contributed by atoms with Crippen molar-refractivity contribution < 1.29 is 9.90 Å². The van der Waals surface area contributed by atoms with Gasteiger partial charge in [-0.15, -0.1) is 17.9 Å². The fourth-order valence-corrected chi connectivity index (χ4v) is 3.34. The topological polar surface area (TPSA) is 66.6 Å². The Morgan fingerprint density at radius 1 is 1.53 bits per heavy atom. The smallest absolute Gasteiger partial charge is 0.338 e. The highest BCUT2D eigenvalue weighted by Crippen LogP contribution is 2.33. The second-order valence-electron chi connectivity index (χ2n) is 4.14. The van der Waals surface area contributed by atoms with Crippen molar-refractivity contribution in [2.75, 3.05) is 25.4 Å². The van der Waals surface area contributed by atoms with Gasteiger partial charge in [-0.05, 0) is 18.4 Å². The first-order valence-electron chi connectivity index (χ1n) is 5.60. The Morgan fingerprint density at radius 2 is 2.24 bits per heavy atom. The maximum Gasteiger partial charge on any atom is 0.338 e. The summed E-state index contributed by atoms with van der Waals surface area (Å²) in [6.45, 7) is 6.40. The zero-order chi connectivity index (χ0) is 12.4. The van der Waals surface area contributed by atoms with Crippen LogP contribution in [0.2, 0.25) is 0 Å². The van der Waals surface area contributed by atoms with Gasteiger partial charge in [0, 0.05) is 24.5 Å². The molecule has 0 bridgehead atoms. The third-order valence-electron chi connectivity index (χ3n) is 3.05. The molecule has 0 atom stereocenters. The van der Waals surface area contributed by atoms with Crippen LogP contribution in [0.15, 0.2) is 12.7 Å². The van der Waals surface area contributed by atoms with Gasteiger partial charge < -0.3 is 10.8 Å². The standard InChI is InChI=1S/C12H16N2O2S/c1-2-5-14-6-3-8-9(4-7-14)17-11(13)10(8)12(15)16/h2H,1,3-7,13H2,(H,15,16). The molecule has 0 saturated heterocycles. The number of nitrogen functional groups attached to an aromatic ring is 1. The van der Waals surface area contributed by atoms with Crippen LogP contribution < -0.4 is 5.73 Å². The van der Waals surface area contributed by atoms with E-state index in [9.17, 15) is 4.79 Å². The Morgan fingerprint density at radius 3 is 2.88 bits per heavy atom. The second kappa shape index (κ2) is 4.89. The monoisotopic (exact) mass is 252 g/mol. The Bertz CT molecular complexity index is 454. The lowest BCUT2D eigenvalue weighted by atomic mass is 10.1. The van der Waals surface area contributed by atoms with Crippen molar-refractivity contribution in [2.45, 2.75) is 12.8 Å². The number of hydrogen-bond acceptors (Lipinski definition) is 4. The quantitative estimate of drug-likeness (QED) is 0.802. The van der Waals surface area contributed by atoms with Gasteiger partial charge in [-0.25, -0.2) is 4.79 Å². The lowest BCUT2D eigenvalue weighted by Crippen LogP contribution is -2.26. The predicted molar refractivity (Wildman–Crippen MR) is 69.7 cm³/mol. The zero-order valence-corrected chi connectivity index (χ0v) is 10.4. The van der Waals surface area contributed by atoms with E-state index in [1.54, 1.807) is 0 Å². The van der Waals surface area contributed by atoms with Crippen LogP contribution in [-0.4, -0.2) is 35.6 Å². The molecule has 0 radical (unpaired) electrons. The number of carbonyl (C=O) groups is 1. The van der Waals surface area contributed by atoms with Gasteiger partial charge in [0.2, 0.25) is 0 Å². The van der Waals surface area contributed by atoms with Crippen molar-refractivity contribution in [2.24, 2.45) is 0 Å². The average molecular weight is 252 g/mol. The number of anilines is 1. The van der Waals surface area contributed by atoms with Crippen molar-refractivity contribution in [1.82, 2.24) is 4.90 Å². The highest BCUT2D eigenvalue weighted by atomic mass is 32.1. The maximum absolute atomic E-state index is 11.2. The molecule has 0 saturated carbocycles. The van der Waals surface area contributed by atoms with Gasteiger partial charge in [-0.2, -0.15) is 0 Å². The highest BCUT2D eigenvalue weighted by molar-refractivity contribution is 7.16. The van der Waals surface area contributed by atoms with Crippen molar-refractivity contribution in [1.29, 1.82) is 0 Å². The Labute approximate surface area is 104 Å². The Hall–Kier alpha value is -1.33. The molecule has 1 aliphatic rings. The molecule has 4 nitrogen and oxygen atoms in total. The predicted octanol–water partition coefficient (Wildman–Crippen LogP) is 1.62. The van der Waals surface area contributed by atoms with Gasteiger partial charge in [0.1, 0.15) is 5.00 Å². The van der Waals surface area contributed by atoms with E-state index in [0.29, 0.717) is 10.6 Å². The summed E-state index contributed by atoms with van der Waals surface area (Å²) in [6, 6.07) is 0. The van der Waals surface area contributed by atoms with E-state index in [1.165, 1.54) is 11.3 Å². The Kier molecular flexibility index (Phi) is 3.49. The summed E-state index contributed by atoms with van der Waals surface area (Å²) < 4.78 is 0. The number of fused-ring (bicyclic) bond motifs is 1. The largest absolute Gasteiger partial charge is 0.478 e. The summed E-state index contributed by atoms with van der Waals surface area (Å²) in [7, 11) is 0. The van der Waals surface area contributed by atoms with Gasteiger partial charge in [0.05, 0.1) is 5.56 Å². The molecule has 0 fully saturated rings. The molecule has 1 aromatic heterocycles. The van der Waals surface area contributed by atoms with Gasteiger partial charge in [0.15, 0.2) is 0 Å². The van der Waals surface area contributed by atoms with Gasteiger partial charge in [0.25, 0.3) is 0 Å². The van der Waals surface area contributed by atoms with E-state index >= 15 is 0 Å². The van der Waals surface area contributed by atoms with Crippen LogP contribution in [0.1, 0.15) is 20.8 Å². The van der Waals surface area contributed by atoms with E-state index in [1.807, 2.05) is 6.08 Å². The van der Waals surface area contributed by atoms with E-state index < -0.39 is 5.97 Å². The molecular weight excluding hydrogens is 236 g/mol. The molecular formula is C12H16N2O2S. The average Bonchev–Trinajstić information content (AvgIpc) is 2.47. The third-order valence-corrected chi connectivity index (χ3v) is 4.17. The highest BCUT2D eigenvalue weighted by Gasteiger charge is 2.24. The lowest BCUT2D eigenvalue weighted by molar-refractivity contribution is 0.0697. The lowest BCUT2D eigenvalue weighted by Gasteiger charge is -2.17. The summed E-state index contributed by atoms with van der Waals surface area (Å²) in [6.07, 6.45) is 3.52. The number of carboxylic acid groups (broad SMARTS) is 1. The summed E-state index contributed by atoms with van der Waals surface area (Å²) in [5, 5.41) is 9.61. The number of nitrogens with zero attached hydrogens (tertiary/aromatic N) is 1. The molecule has 1 aliphatic heterocycles. The molecule has 0 amide bonds. The van der Waals surface area contributed by atoms with E-state index in [4.69, 9.17) is 10.8 Å². The first-order valence-corrected chi connectivity index (χ1v) is 6.41. The van der Waals surface area contributed by atoms with Gasteiger partial charge >= 0.3 is 5.97 Å². The fourth-order valence-electron chi connectivity index (χ4n) is 2.24. The maximum atomic E-state index is 11.2. The minimum Gasteiger partial charge on any atom is -0.478 e. The molecule has 17 heavy (non-hydrogen) atoms. The van der Waals surface area contributed by atoms with Crippen LogP contribution in [0.3, 0.4) is 0 Å². The summed E-state index contributed by atoms with van der Waals surface area (Å²) in [5.74, 6) is -0.905. The molecule has 3 N–H and O–H groups in total. The minimum absolute atomic E-state index is 0.324. The van der Waals surface area contributed by atoms with Crippen LogP contribution in [0.5, 0.6) is 0 Å². The van der Waals surface area contributed by atoms with Crippen LogP contribution >= 0.6 is 11.3 Å². The second-order valence-corrected chi connectivity index (χ2v) is 5.27. The van der Waals surface area contributed by atoms with E-state index in [0.717, 1.165) is 42.9 Å². The van der Waals surface area contributed by atoms with Crippen LogP contribution in [-0.2, 0) is 12.8 Å². The summed E-state index contributed by atoms with van der Waals surface area (Å²) in [4.78, 5) is 14.6. The molecule has 0 aliphatic carbocycles. The van der Waals surface area contributed by atoms with E-state index in [-0.39, 0.29) is 0 Å². The SMILES string of the molecule is C=CCN1CCc2sc(N)c(C(=O)O)c2CC1. The minimum atomic E-state index is -0.905. The third kappa shape index (κ3) is 2.35. The number of thiophene rings is 1. The number of carboxylic acids is 1. The number of nitrogens with two attached hydrogens (primary N) is 1. The normalized spacial score (nSPS) is 16.2. The number of hydrogen-bond donors (Lipinski definition) is 2. The molecule has 2 heterocycles. The molecule has 2 rings (SSSR count). The van der Waals surface area contributed by atoms with Crippen LogP contribution in [0, 0.1) is 0 Å². The summed E-state index contributed by atoms with van der Waals surface area (Å²) in [5.41, 5.74) is 7.04. The molecule has 92 valence electrons. The first-order chi connectivity index (χ1) is 8.13. The molecule has 0 unspecified atom stereocenters. The fraction of sp³-hybridized carbons (Fsp3) is 0.417. The van der Waals surface area contributed by atoms with Gasteiger partial charge in [-0.1, -0.05) is 6.08 Å². The van der Waals surface area contributed by atoms with E-state index in [2.05, 4.69) is 11.5 Å². The molecule has 1 aromatic rings. The molecule has 0 spiro atoms. The van der Waals surface area contributed by atoms with Crippen molar-refractivity contribution in [3.05, 3.63) is 28.7 Å². The Balaban J connectivity index is 2.27.